The van der Waals surface area contributed by atoms with Crippen LogP contribution in [0.25, 0.3) is 0 Å². The van der Waals surface area contributed by atoms with Crippen molar-refractivity contribution in [2.75, 3.05) is 19.7 Å². The van der Waals surface area contributed by atoms with Gasteiger partial charge in [0.2, 0.25) is 0 Å². The maximum Gasteiger partial charge on any atom is 0.350 e. The molecule has 2 heterocycles. The van der Waals surface area contributed by atoms with Crippen molar-refractivity contribution in [2.24, 2.45) is 5.92 Å². The van der Waals surface area contributed by atoms with Crippen LogP contribution in [0.5, 0.6) is 0 Å². The monoisotopic (exact) mass is 254 g/mol. The number of aryl methyl sites for hydroxylation is 1. The van der Waals surface area contributed by atoms with Crippen molar-refractivity contribution in [2.45, 2.75) is 26.7 Å². The summed E-state index contributed by atoms with van der Waals surface area (Å²) in [6, 6.07) is 0. The SMILES string of the molecule is CCOC(=O)c1sc(CC2CCNC2)nc1C. The van der Waals surface area contributed by atoms with E-state index in [0.717, 1.165) is 30.2 Å². The molecule has 1 aromatic heterocycles. The minimum absolute atomic E-state index is 0.238. The van der Waals surface area contributed by atoms with Gasteiger partial charge in [0, 0.05) is 6.42 Å². The number of hydrogen-bond acceptors (Lipinski definition) is 5. The van der Waals surface area contributed by atoms with Gasteiger partial charge in [-0.25, -0.2) is 9.78 Å². The molecule has 0 amide bonds. The fourth-order valence-electron chi connectivity index (χ4n) is 2.06. The zero-order valence-electron chi connectivity index (χ0n) is 10.3. The van der Waals surface area contributed by atoms with E-state index in [9.17, 15) is 4.79 Å². The van der Waals surface area contributed by atoms with Crippen LogP contribution in [-0.4, -0.2) is 30.6 Å². The number of hydrogen-bond donors (Lipinski definition) is 1. The van der Waals surface area contributed by atoms with Crippen LogP contribution in [0.1, 0.15) is 33.7 Å². The summed E-state index contributed by atoms with van der Waals surface area (Å²) >= 11 is 1.48. The van der Waals surface area contributed by atoms with E-state index in [1.54, 1.807) is 0 Å². The molecule has 94 valence electrons. The van der Waals surface area contributed by atoms with Crippen LogP contribution < -0.4 is 5.32 Å². The fourth-order valence-corrected chi connectivity index (χ4v) is 3.13. The highest BCUT2D eigenvalue weighted by Crippen LogP contribution is 2.23. The van der Waals surface area contributed by atoms with E-state index in [1.165, 1.54) is 17.8 Å². The highest BCUT2D eigenvalue weighted by Gasteiger charge is 2.20. The van der Waals surface area contributed by atoms with Gasteiger partial charge in [-0.15, -0.1) is 11.3 Å². The van der Waals surface area contributed by atoms with E-state index in [2.05, 4.69) is 10.3 Å². The van der Waals surface area contributed by atoms with Crippen LogP contribution in [0.3, 0.4) is 0 Å². The summed E-state index contributed by atoms with van der Waals surface area (Å²) in [4.78, 5) is 16.8. The molecule has 1 fully saturated rings. The number of esters is 1. The standard InChI is InChI=1S/C12H18N2O2S/c1-3-16-12(15)11-8(2)14-10(17-11)6-9-4-5-13-7-9/h9,13H,3-7H2,1-2H3. The molecule has 1 aliphatic rings. The number of carbonyl (C=O) groups excluding carboxylic acids is 1. The molecule has 1 aromatic rings. The van der Waals surface area contributed by atoms with Gasteiger partial charge in [0.05, 0.1) is 17.3 Å². The van der Waals surface area contributed by atoms with Crippen molar-refractivity contribution in [1.82, 2.24) is 10.3 Å². The molecule has 0 radical (unpaired) electrons. The Morgan fingerprint density at radius 3 is 3.12 bits per heavy atom. The number of nitrogens with one attached hydrogen (secondary N) is 1. The van der Waals surface area contributed by atoms with E-state index < -0.39 is 0 Å². The van der Waals surface area contributed by atoms with E-state index in [0.29, 0.717) is 17.4 Å². The second-order valence-electron chi connectivity index (χ2n) is 4.31. The Morgan fingerprint density at radius 1 is 1.65 bits per heavy atom. The lowest BCUT2D eigenvalue weighted by molar-refractivity contribution is 0.0531. The summed E-state index contributed by atoms with van der Waals surface area (Å²) in [6.07, 6.45) is 2.17. The third kappa shape index (κ3) is 3.04. The zero-order valence-corrected chi connectivity index (χ0v) is 11.1. The maximum absolute atomic E-state index is 11.7. The molecule has 1 N–H and O–H groups in total. The van der Waals surface area contributed by atoms with Crippen LogP contribution >= 0.6 is 11.3 Å². The van der Waals surface area contributed by atoms with Crippen molar-refractivity contribution in [3.05, 3.63) is 15.6 Å². The molecule has 0 saturated carbocycles. The molecule has 17 heavy (non-hydrogen) atoms. The van der Waals surface area contributed by atoms with Crippen LogP contribution in [0.2, 0.25) is 0 Å². The molecule has 2 rings (SSSR count). The summed E-state index contributed by atoms with van der Waals surface area (Å²) in [5.74, 6) is 0.425. The Labute approximate surface area is 105 Å². The van der Waals surface area contributed by atoms with E-state index in [1.807, 2.05) is 13.8 Å². The van der Waals surface area contributed by atoms with Crippen LogP contribution in [0, 0.1) is 12.8 Å². The molecule has 5 heteroatoms. The first kappa shape index (κ1) is 12.5. The molecular weight excluding hydrogens is 236 g/mol. The summed E-state index contributed by atoms with van der Waals surface area (Å²) in [5, 5.41) is 4.40. The molecular formula is C12H18N2O2S. The number of rotatable bonds is 4. The molecule has 0 aliphatic carbocycles. The van der Waals surface area contributed by atoms with E-state index in [-0.39, 0.29) is 5.97 Å². The highest BCUT2D eigenvalue weighted by molar-refractivity contribution is 7.13. The van der Waals surface area contributed by atoms with Gasteiger partial charge in [-0.05, 0) is 39.3 Å². The molecule has 0 spiro atoms. The molecule has 4 nitrogen and oxygen atoms in total. The third-order valence-corrected chi connectivity index (χ3v) is 4.09. The summed E-state index contributed by atoms with van der Waals surface area (Å²) in [5.41, 5.74) is 0.800. The number of nitrogens with zero attached hydrogens (tertiary/aromatic N) is 1. The molecule has 1 aliphatic heterocycles. The predicted molar refractivity (Wildman–Crippen MR) is 67.5 cm³/mol. The van der Waals surface area contributed by atoms with Crippen LogP contribution in [0.4, 0.5) is 0 Å². The van der Waals surface area contributed by atoms with Gasteiger partial charge in [-0.1, -0.05) is 0 Å². The minimum atomic E-state index is -0.238. The summed E-state index contributed by atoms with van der Waals surface area (Å²) in [7, 11) is 0. The second kappa shape index (κ2) is 5.60. The largest absolute Gasteiger partial charge is 0.462 e. The molecule has 0 bridgehead atoms. The van der Waals surface area contributed by atoms with E-state index >= 15 is 0 Å². The fraction of sp³-hybridized carbons (Fsp3) is 0.667. The maximum atomic E-state index is 11.7. The Kier molecular flexibility index (Phi) is 4.12. The highest BCUT2D eigenvalue weighted by atomic mass is 32.1. The molecule has 0 aromatic carbocycles. The average Bonchev–Trinajstić information content (AvgIpc) is 2.89. The Balaban J connectivity index is 2.04. The zero-order chi connectivity index (χ0) is 12.3. The first-order valence-electron chi connectivity index (χ1n) is 6.04. The Morgan fingerprint density at radius 2 is 2.47 bits per heavy atom. The Hall–Kier alpha value is -0.940. The molecule has 1 saturated heterocycles. The number of aromatic nitrogens is 1. The van der Waals surface area contributed by atoms with Crippen molar-refractivity contribution in [1.29, 1.82) is 0 Å². The lowest BCUT2D eigenvalue weighted by Gasteiger charge is -2.03. The van der Waals surface area contributed by atoms with Gasteiger partial charge in [0.1, 0.15) is 4.88 Å². The van der Waals surface area contributed by atoms with Crippen LogP contribution in [-0.2, 0) is 11.2 Å². The lowest BCUT2D eigenvalue weighted by Crippen LogP contribution is -2.10. The summed E-state index contributed by atoms with van der Waals surface area (Å²) in [6.45, 7) is 6.27. The van der Waals surface area contributed by atoms with Crippen molar-refractivity contribution >= 4 is 17.3 Å². The first-order chi connectivity index (χ1) is 8.20. The Bertz CT molecular complexity index is 397. The van der Waals surface area contributed by atoms with Gasteiger partial charge in [-0.3, -0.25) is 0 Å². The minimum Gasteiger partial charge on any atom is -0.462 e. The van der Waals surface area contributed by atoms with Gasteiger partial charge >= 0.3 is 5.97 Å². The smallest absolute Gasteiger partial charge is 0.350 e. The number of ether oxygens (including phenoxy) is 1. The quantitative estimate of drug-likeness (QED) is 0.832. The van der Waals surface area contributed by atoms with E-state index in [4.69, 9.17) is 4.74 Å². The first-order valence-corrected chi connectivity index (χ1v) is 6.86. The van der Waals surface area contributed by atoms with Crippen molar-refractivity contribution in [3.63, 3.8) is 0 Å². The van der Waals surface area contributed by atoms with Crippen LogP contribution in [0.15, 0.2) is 0 Å². The van der Waals surface area contributed by atoms with Gasteiger partial charge in [0.15, 0.2) is 0 Å². The van der Waals surface area contributed by atoms with Crippen molar-refractivity contribution < 1.29 is 9.53 Å². The van der Waals surface area contributed by atoms with Gasteiger partial charge < -0.3 is 10.1 Å². The predicted octanol–water partition coefficient (Wildman–Crippen LogP) is 1.78. The normalized spacial score (nSPS) is 19.5. The topological polar surface area (TPSA) is 51.2 Å². The molecule has 1 unspecified atom stereocenters. The third-order valence-electron chi connectivity index (χ3n) is 2.93. The molecule has 1 atom stereocenters. The number of carbonyl (C=O) groups is 1. The second-order valence-corrected chi connectivity index (χ2v) is 5.39. The van der Waals surface area contributed by atoms with Gasteiger partial charge in [0.25, 0.3) is 0 Å². The number of thiazole rings is 1. The average molecular weight is 254 g/mol. The van der Waals surface area contributed by atoms with Gasteiger partial charge in [-0.2, -0.15) is 0 Å². The lowest BCUT2D eigenvalue weighted by atomic mass is 10.1. The summed E-state index contributed by atoms with van der Waals surface area (Å²) < 4.78 is 5.01. The van der Waals surface area contributed by atoms with Crippen molar-refractivity contribution in [3.8, 4) is 0 Å².